The summed E-state index contributed by atoms with van der Waals surface area (Å²) in [5.41, 5.74) is -1.44. The van der Waals surface area contributed by atoms with E-state index in [0.29, 0.717) is 0 Å². The molecule has 0 spiro atoms. The second kappa shape index (κ2) is 4.07. The van der Waals surface area contributed by atoms with Gasteiger partial charge in [-0.2, -0.15) is 0 Å². The molecule has 1 aromatic rings. The van der Waals surface area contributed by atoms with Crippen LogP contribution in [0.2, 0.25) is 0 Å². The molecule has 0 bridgehead atoms. The number of fused-ring (bicyclic) bond motifs is 1. The van der Waals surface area contributed by atoms with Crippen molar-refractivity contribution in [3.05, 3.63) is 29.8 Å². The van der Waals surface area contributed by atoms with E-state index in [0.717, 1.165) is 0 Å². The Labute approximate surface area is 105 Å². The third kappa shape index (κ3) is 1.81. The number of hydrogen-bond donors (Lipinski definition) is 2. The van der Waals surface area contributed by atoms with Gasteiger partial charge in [-0.1, -0.05) is 18.2 Å². The number of rotatable bonds is 2. The molecule has 2 atom stereocenters. The minimum Gasteiger partial charge on any atom is -0.481 e. The minimum atomic E-state index is -3.43. The van der Waals surface area contributed by atoms with Crippen LogP contribution in [0.15, 0.2) is 29.2 Å². The zero-order valence-electron chi connectivity index (χ0n) is 9.83. The van der Waals surface area contributed by atoms with Crippen molar-refractivity contribution in [3.63, 3.8) is 0 Å². The fourth-order valence-electron chi connectivity index (χ4n) is 2.28. The number of sulfone groups is 1. The van der Waals surface area contributed by atoms with Gasteiger partial charge in [0.05, 0.1) is 16.6 Å². The lowest BCUT2D eigenvalue weighted by Gasteiger charge is -2.36. The first-order valence-corrected chi connectivity index (χ1v) is 7.22. The fraction of sp³-hybridized carbons (Fsp3) is 0.417. The summed E-state index contributed by atoms with van der Waals surface area (Å²) < 4.78 is 23.8. The van der Waals surface area contributed by atoms with Gasteiger partial charge in [-0.05, 0) is 19.4 Å². The Hall–Kier alpha value is -1.40. The molecule has 1 aliphatic heterocycles. The van der Waals surface area contributed by atoms with Gasteiger partial charge in [0, 0.05) is 5.56 Å². The summed E-state index contributed by atoms with van der Waals surface area (Å²) in [5, 5.41) is 19.6. The topological polar surface area (TPSA) is 91.7 Å². The molecule has 0 fully saturated rings. The van der Waals surface area contributed by atoms with E-state index in [2.05, 4.69) is 0 Å². The van der Waals surface area contributed by atoms with E-state index in [9.17, 15) is 18.3 Å². The quantitative estimate of drug-likeness (QED) is 0.828. The highest BCUT2D eigenvalue weighted by molar-refractivity contribution is 7.91. The van der Waals surface area contributed by atoms with Gasteiger partial charge in [0.15, 0.2) is 9.84 Å². The minimum absolute atomic E-state index is 0.0341. The van der Waals surface area contributed by atoms with Crippen molar-refractivity contribution in [1.82, 2.24) is 0 Å². The molecule has 0 aromatic heterocycles. The maximum atomic E-state index is 11.9. The molecule has 18 heavy (non-hydrogen) atoms. The number of aliphatic carboxylic acids is 1. The summed E-state index contributed by atoms with van der Waals surface area (Å²) in [6, 6.07) is 6.04. The number of carbonyl (C=O) groups is 1. The number of aliphatic hydroxyl groups is 1. The van der Waals surface area contributed by atoms with Crippen molar-refractivity contribution in [2.24, 2.45) is 5.92 Å². The van der Waals surface area contributed by atoms with Crippen LogP contribution < -0.4 is 0 Å². The molecule has 2 unspecified atom stereocenters. The highest BCUT2D eigenvalue weighted by atomic mass is 32.2. The normalized spacial score (nSPS) is 27.2. The highest BCUT2D eigenvalue weighted by Crippen LogP contribution is 2.41. The molecule has 0 amide bonds. The Morgan fingerprint density at radius 1 is 1.39 bits per heavy atom. The van der Waals surface area contributed by atoms with Crippen LogP contribution in [0.4, 0.5) is 0 Å². The first-order chi connectivity index (χ1) is 8.29. The summed E-state index contributed by atoms with van der Waals surface area (Å²) in [5.74, 6) is -2.45. The van der Waals surface area contributed by atoms with E-state index in [1.807, 2.05) is 0 Å². The Balaban J connectivity index is 2.65. The summed E-state index contributed by atoms with van der Waals surface area (Å²) in [4.78, 5) is 11.1. The molecule has 0 radical (unpaired) electrons. The Bertz CT molecular complexity index is 592. The largest absolute Gasteiger partial charge is 0.481 e. The lowest BCUT2D eigenvalue weighted by atomic mass is 9.80. The predicted octanol–water partition coefficient (Wildman–Crippen LogP) is 0.772. The van der Waals surface area contributed by atoms with Crippen molar-refractivity contribution in [2.45, 2.75) is 23.8 Å². The maximum Gasteiger partial charge on any atom is 0.309 e. The second-order valence-electron chi connectivity index (χ2n) is 4.55. The monoisotopic (exact) mass is 270 g/mol. The highest BCUT2D eigenvalue weighted by Gasteiger charge is 2.46. The van der Waals surface area contributed by atoms with Crippen LogP contribution in [0.3, 0.4) is 0 Å². The van der Waals surface area contributed by atoms with Crippen LogP contribution in [-0.2, 0) is 20.2 Å². The maximum absolute atomic E-state index is 11.9. The Morgan fingerprint density at radius 2 is 2.00 bits per heavy atom. The van der Waals surface area contributed by atoms with Crippen molar-refractivity contribution in [3.8, 4) is 0 Å². The zero-order chi connectivity index (χ0) is 13.6. The molecule has 5 nitrogen and oxygen atoms in total. The smallest absolute Gasteiger partial charge is 0.309 e. The van der Waals surface area contributed by atoms with Crippen LogP contribution in [-0.4, -0.2) is 30.4 Å². The van der Waals surface area contributed by atoms with Gasteiger partial charge < -0.3 is 10.2 Å². The van der Waals surface area contributed by atoms with Crippen LogP contribution in [0.5, 0.6) is 0 Å². The molecule has 0 aliphatic carbocycles. The van der Waals surface area contributed by atoms with Crippen molar-refractivity contribution in [2.75, 3.05) is 5.75 Å². The third-order valence-corrected chi connectivity index (χ3v) is 5.29. The third-order valence-electron chi connectivity index (χ3n) is 3.53. The number of benzene rings is 1. The van der Waals surface area contributed by atoms with Crippen LogP contribution >= 0.6 is 0 Å². The van der Waals surface area contributed by atoms with E-state index >= 15 is 0 Å². The standard InChI is InChI=1S/C12H14O5S/c1-8(11(13)14)12(15)6-7-18(16,17)10-5-3-2-4-9(10)12/h2-5,8,15H,6-7H2,1H3,(H,13,14). The van der Waals surface area contributed by atoms with E-state index in [1.54, 1.807) is 12.1 Å². The van der Waals surface area contributed by atoms with Crippen molar-refractivity contribution < 1.29 is 23.4 Å². The summed E-state index contributed by atoms with van der Waals surface area (Å²) in [6.45, 7) is 1.39. The molecular weight excluding hydrogens is 256 g/mol. The Morgan fingerprint density at radius 3 is 2.61 bits per heavy atom. The molecule has 6 heteroatoms. The van der Waals surface area contributed by atoms with Crippen LogP contribution in [0, 0.1) is 5.92 Å². The average molecular weight is 270 g/mol. The van der Waals surface area contributed by atoms with E-state index in [4.69, 9.17) is 5.11 Å². The van der Waals surface area contributed by atoms with E-state index in [1.165, 1.54) is 19.1 Å². The predicted molar refractivity (Wildman–Crippen MR) is 63.8 cm³/mol. The first-order valence-electron chi connectivity index (χ1n) is 5.56. The molecule has 98 valence electrons. The molecule has 2 N–H and O–H groups in total. The fourth-order valence-corrected chi connectivity index (χ4v) is 3.95. The van der Waals surface area contributed by atoms with Crippen molar-refractivity contribution >= 4 is 15.8 Å². The van der Waals surface area contributed by atoms with E-state index in [-0.39, 0.29) is 22.6 Å². The van der Waals surface area contributed by atoms with E-state index < -0.39 is 27.3 Å². The summed E-state index contributed by atoms with van der Waals surface area (Å²) in [6.07, 6.45) is -0.0974. The zero-order valence-corrected chi connectivity index (χ0v) is 10.6. The van der Waals surface area contributed by atoms with Gasteiger partial charge >= 0.3 is 5.97 Å². The molecule has 1 heterocycles. The lowest BCUT2D eigenvalue weighted by Crippen LogP contribution is -2.43. The summed E-state index contributed by atoms with van der Waals surface area (Å²) in [7, 11) is -3.43. The van der Waals surface area contributed by atoms with Crippen LogP contribution in [0.25, 0.3) is 0 Å². The molecule has 2 rings (SSSR count). The van der Waals surface area contributed by atoms with Gasteiger partial charge in [-0.3, -0.25) is 4.79 Å². The van der Waals surface area contributed by atoms with Gasteiger partial charge in [0.1, 0.15) is 5.60 Å². The Kier molecular flexibility index (Phi) is 2.95. The SMILES string of the molecule is CC(C(=O)O)C1(O)CCS(=O)(=O)c2ccccc21. The van der Waals surface area contributed by atoms with Gasteiger partial charge in [-0.25, -0.2) is 8.42 Å². The number of hydrogen-bond acceptors (Lipinski definition) is 4. The lowest BCUT2D eigenvalue weighted by molar-refractivity contribution is -0.152. The molecule has 1 aliphatic rings. The second-order valence-corrected chi connectivity index (χ2v) is 6.63. The van der Waals surface area contributed by atoms with Gasteiger partial charge in [0.25, 0.3) is 0 Å². The summed E-state index contributed by atoms with van der Waals surface area (Å²) >= 11 is 0. The van der Waals surface area contributed by atoms with Gasteiger partial charge in [-0.15, -0.1) is 0 Å². The van der Waals surface area contributed by atoms with Gasteiger partial charge in [0.2, 0.25) is 0 Å². The number of carboxylic acid groups (broad SMARTS) is 1. The van der Waals surface area contributed by atoms with Crippen LogP contribution in [0.1, 0.15) is 18.9 Å². The molecule has 1 aromatic carbocycles. The number of carboxylic acids is 1. The average Bonchev–Trinajstić information content (AvgIpc) is 2.34. The first kappa shape index (κ1) is 13.0. The molecule has 0 saturated heterocycles. The molecule has 0 saturated carbocycles. The molecular formula is C12H14O5S. The van der Waals surface area contributed by atoms with Crippen molar-refractivity contribution in [1.29, 1.82) is 0 Å².